The van der Waals surface area contributed by atoms with Crippen LogP contribution < -0.4 is 11.1 Å². The number of rotatable bonds is 4. The molecule has 0 unspecified atom stereocenters. The fourth-order valence-corrected chi connectivity index (χ4v) is 3.44. The molecule has 0 aliphatic heterocycles. The smallest absolute Gasteiger partial charge is 0.246 e. The van der Waals surface area contributed by atoms with Crippen LogP contribution in [0.25, 0.3) is 0 Å². The van der Waals surface area contributed by atoms with E-state index >= 15 is 0 Å². The molecule has 1 aromatic carbocycles. The van der Waals surface area contributed by atoms with E-state index < -0.39 is 0 Å². The molecule has 1 aromatic rings. The molecular formula is C17H24N2O2. The lowest BCUT2D eigenvalue weighted by atomic mass is 9.98. The van der Waals surface area contributed by atoms with Crippen LogP contribution in [-0.2, 0) is 16.0 Å². The largest absolute Gasteiger partial charge is 0.368 e. The molecule has 1 amide bonds. The summed E-state index contributed by atoms with van der Waals surface area (Å²) in [5.74, 6) is -0.0474. The molecule has 4 heteroatoms. The summed E-state index contributed by atoms with van der Waals surface area (Å²) in [4.78, 5) is 12.0. The molecule has 2 aliphatic carbocycles. The third-order valence-electron chi connectivity index (χ3n) is 4.64. The first-order chi connectivity index (χ1) is 10.2. The quantitative estimate of drug-likeness (QED) is 0.891. The van der Waals surface area contributed by atoms with Crippen molar-refractivity contribution in [2.45, 2.75) is 56.7 Å². The number of fused-ring (bicyclic) bond motifs is 1. The van der Waals surface area contributed by atoms with Gasteiger partial charge in [-0.15, -0.1) is 0 Å². The molecule has 0 radical (unpaired) electrons. The van der Waals surface area contributed by atoms with E-state index in [9.17, 15) is 4.79 Å². The minimum atomic E-state index is -0.111. The van der Waals surface area contributed by atoms with Crippen molar-refractivity contribution in [3.63, 3.8) is 0 Å². The number of hydrogen-bond acceptors (Lipinski definition) is 3. The summed E-state index contributed by atoms with van der Waals surface area (Å²) in [6.07, 6.45) is 6.97. The van der Waals surface area contributed by atoms with Crippen molar-refractivity contribution < 1.29 is 9.53 Å². The summed E-state index contributed by atoms with van der Waals surface area (Å²) in [7, 11) is 0. The van der Waals surface area contributed by atoms with Crippen LogP contribution in [0.4, 0.5) is 0 Å². The van der Waals surface area contributed by atoms with E-state index in [1.54, 1.807) is 0 Å². The lowest BCUT2D eigenvalue weighted by Gasteiger charge is -2.23. The predicted molar refractivity (Wildman–Crippen MR) is 81.8 cm³/mol. The van der Waals surface area contributed by atoms with Crippen molar-refractivity contribution in [1.29, 1.82) is 0 Å². The minimum absolute atomic E-state index is 0.00939. The van der Waals surface area contributed by atoms with Gasteiger partial charge in [-0.2, -0.15) is 0 Å². The molecular weight excluding hydrogens is 264 g/mol. The molecule has 3 rings (SSSR count). The van der Waals surface area contributed by atoms with Crippen molar-refractivity contribution in [2.75, 3.05) is 6.61 Å². The van der Waals surface area contributed by atoms with E-state index in [2.05, 4.69) is 11.4 Å². The van der Waals surface area contributed by atoms with Gasteiger partial charge in [-0.1, -0.05) is 43.5 Å². The van der Waals surface area contributed by atoms with Crippen LogP contribution in [0.15, 0.2) is 24.3 Å². The zero-order valence-electron chi connectivity index (χ0n) is 12.4. The van der Waals surface area contributed by atoms with Gasteiger partial charge >= 0.3 is 0 Å². The summed E-state index contributed by atoms with van der Waals surface area (Å²) in [5, 5.41) is 3.03. The Morgan fingerprint density at radius 2 is 2.00 bits per heavy atom. The Balaban J connectivity index is 1.47. The van der Waals surface area contributed by atoms with Crippen LogP contribution in [0.2, 0.25) is 0 Å². The molecule has 0 saturated heterocycles. The summed E-state index contributed by atoms with van der Waals surface area (Å²) in [6.45, 7) is 0.157. The second kappa shape index (κ2) is 6.58. The molecule has 2 atom stereocenters. The third-order valence-corrected chi connectivity index (χ3v) is 4.64. The number of ether oxygens (including phenoxy) is 1. The highest BCUT2D eigenvalue weighted by Crippen LogP contribution is 2.29. The highest BCUT2D eigenvalue weighted by molar-refractivity contribution is 5.77. The van der Waals surface area contributed by atoms with E-state index in [1.807, 2.05) is 18.2 Å². The lowest BCUT2D eigenvalue weighted by Crippen LogP contribution is -2.42. The third kappa shape index (κ3) is 3.44. The Labute approximate surface area is 126 Å². The van der Waals surface area contributed by atoms with Gasteiger partial charge < -0.3 is 15.8 Å². The molecule has 0 spiro atoms. The van der Waals surface area contributed by atoms with E-state index in [0.29, 0.717) is 0 Å². The lowest BCUT2D eigenvalue weighted by molar-refractivity contribution is -0.129. The maximum Gasteiger partial charge on any atom is 0.246 e. The first kappa shape index (κ1) is 14.5. The molecule has 0 aromatic heterocycles. The topological polar surface area (TPSA) is 64.3 Å². The summed E-state index contributed by atoms with van der Waals surface area (Å²) < 4.78 is 5.71. The van der Waals surface area contributed by atoms with Crippen LogP contribution in [0.5, 0.6) is 0 Å². The SMILES string of the molecule is N[C@@H]1c2ccccc2C[C@H]1NC(=O)COC1CCCCC1. The van der Waals surface area contributed by atoms with E-state index in [4.69, 9.17) is 10.5 Å². The van der Waals surface area contributed by atoms with E-state index in [-0.39, 0.29) is 30.7 Å². The molecule has 1 fully saturated rings. The van der Waals surface area contributed by atoms with Crippen molar-refractivity contribution in [3.8, 4) is 0 Å². The number of nitrogens with two attached hydrogens (primary N) is 1. The molecule has 3 N–H and O–H groups in total. The zero-order valence-corrected chi connectivity index (χ0v) is 12.4. The van der Waals surface area contributed by atoms with Gasteiger partial charge in [0, 0.05) is 0 Å². The molecule has 0 heterocycles. The van der Waals surface area contributed by atoms with Crippen LogP contribution in [-0.4, -0.2) is 24.7 Å². The van der Waals surface area contributed by atoms with Crippen molar-refractivity contribution >= 4 is 5.91 Å². The van der Waals surface area contributed by atoms with Gasteiger partial charge in [0.1, 0.15) is 6.61 Å². The van der Waals surface area contributed by atoms with Gasteiger partial charge in [0.05, 0.1) is 18.2 Å². The number of nitrogens with one attached hydrogen (secondary N) is 1. The Bertz CT molecular complexity index is 497. The predicted octanol–water partition coefficient (Wildman–Crippen LogP) is 2.08. The average Bonchev–Trinajstić information content (AvgIpc) is 2.83. The number of amides is 1. The van der Waals surface area contributed by atoms with E-state index in [1.165, 1.54) is 24.8 Å². The number of carbonyl (C=O) groups excluding carboxylic acids is 1. The second-order valence-corrected chi connectivity index (χ2v) is 6.17. The highest BCUT2D eigenvalue weighted by Gasteiger charge is 2.30. The van der Waals surface area contributed by atoms with Gasteiger partial charge in [0.15, 0.2) is 0 Å². The molecule has 21 heavy (non-hydrogen) atoms. The van der Waals surface area contributed by atoms with Crippen LogP contribution in [0.3, 0.4) is 0 Å². The summed E-state index contributed by atoms with van der Waals surface area (Å²) >= 11 is 0. The molecule has 4 nitrogen and oxygen atoms in total. The van der Waals surface area contributed by atoms with Gasteiger partial charge in [0.25, 0.3) is 0 Å². The van der Waals surface area contributed by atoms with Crippen molar-refractivity contribution in [1.82, 2.24) is 5.32 Å². The van der Waals surface area contributed by atoms with Gasteiger partial charge in [-0.05, 0) is 30.4 Å². The molecule has 0 bridgehead atoms. The van der Waals surface area contributed by atoms with Crippen LogP contribution in [0.1, 0.15) is 49.3 Å². The molecule has 2 aliphatic rings. The Hall–Kier alpha value is -1.39. The highest BCUT2D eigenvalue weighted by atomic mass is 16.5. The first-order valence-corrected chi connectivity index (χ1v) is 7.98. The van der Waals surface area contributed by atoms with Crippen molar-refractivity contribution in [2.24, 2.45) is 5.73 Å². The summed E-state index contributed by atoms with van der Waals surface area (Å²) in [5.41, 5.74) is 8.61. The molecule has 114 valence electrons. The number of carbonyl (C=O) groups is 1. The first-order valence-electron chi connectivity index (χ1n) is 7.98. The van der Waals surface area contributed by atoms with Gasteiger partial charge in [-0.25, -0.2) is 0 Å². The number of benzene rings is 1. The van der Waals surface area contributed by atoms with Gasteiger partial charge in [0.2, 0.25) is 5.91 Å². The second-order valence-electron chi connectivity index (χ2n) is 6.17. The fourth-order valence-electron chi connectivity index (χ4n) is 3.44. The summed E-state index contributed by atoms with van der Waals surface area (Å²) in [6, 6.07) is 8.02. The standard InChI is InChI=1S/C17H24N2O2/c18-17-14-9-5-4-6-12(14)10-15(17)19-16(20)11-21-13-7-2-1-3-8-13/h4-6,9,13,15,17H,1-3,7-8,10-11,18H2,(H,19,20)/t15-,17-/m1/s1. The Morgan fingerprint density at radius 3 is 2.76 bits per heavy atom. The van der Waals surface area contributed by atoms with E-state index in [0.717, 1.165) is 24.8 Å². The fraction of sp³-hybridized carbons (Fsp3) is 0.588. The maximum atomic E-state index is 12.0. The maximum absolute atomic E-state index is 12.0. The average molecular weight is 288 g/mol. The minimum Gasteiger partial charge on any atom is -0.368 e. The normalized spacial score (nSPS) is 25.6. The van der Waals surface area contributed by atoms with Crippen LogP contribution >= 0.6 is 0 Å². The molecule has 1 saturated carbocycles. The monoisotopic (exact) mass is 288 g/mol. The van der Waals surface area contributed by atoms with Crippen LogP contribution in [0, 0.1) is 0 Å². The zero-order chi connectivity index (χ0) is 14.7. The Morgan fingerprint density at radius 1 is 1.24 bits per heavy atom. The van der Waals surface area contributed by atoms with Crippen molar-refractivity contribution in [3.05, 3.63) is 35.4 Å². The Kier molecular flexibility index (Phi) is 4.56. The number of hydrogen-bond donors (Lipinski definition) is 2. The van der Waals surface area contributed by atoms with Gasteiger partial charge in [-0.3, -0.25) is 4.79 Å².